The van der Waals surface area contributed by atoms with E-state index < -0.39 is 108 Å². The van der Waals surface area contributed by atoms with E-state index in [0.717, 1.165) is 0 Å². The second kappa shape index (κ2) is 13.5. The summed E-state index contributed by atoms with van der Waals surface area (Å²) in [5.41, 5.74) is -3.07. The molecule has 258 valence electrons. The zero-order valence-electron chi connectivity index (χ0n) is 27.0. The maximum Gasteiger partial charge on any atom is 0.237 e. The van der Waals surface area contributed by atoms with Crippen LogP contribution in [0.5, 0.6) is 11.5 Å². The first-order valence-corrected chi connectivity index (χ1v) is 15.8. The van der Waals surface area contributed by atoms with Gasteiger partial charge in [0.05, 0.1) is 35.4 Å². The van der Waals surface area contributed by atoms with Crippen LogP contribution in [-0.4, -0.2) is 104 Å². The van der Waals surface area contributed by atoms with Gasteiger partial charge in [0.25, 0.3) is 0 Å². The molecule has 5 unspecified atom stereocenters. The molecule has 1 saturated heterocycles. The SMILES string of the molecule is CNC(CCC(C)=O)C(=O)NC1CC(O[C@H]2C[C@](O)(C(=O)CO)Cc3c(O)c4c(c(O)c32)C(=O)c2c(C)cccc2C4=O)OC(C)C1O. The largest absolute Gasteiger partial charge is 0.507 e. The van der Waals surface area contributed by atoms with Crippen LogP contribution < -0.4 is 10.6 Å². The molecule has 1 aliphatic heterocycles. The molecule has 2 aliphatic carbocycles. The Kier molecular flexibility index (Phi) is 9.88. The van der Waals surface area contributed by atoms with Gasteiger partial charge in [0, 0.05) is 47.9 Å². The van der Waals surface area contributed by atoms with E-state index in [1.165, 1.54) is 19.9 Å². The molecule has 2 aromatic rings. The predicted molar refractivity (Wildman–Crippen MR) is 167 cm³/mol. The number of nitrogens with one attached hydrogen (secondary N) is 2. The number of fused-ring (bicyclic) bond motifs is 3. The number of ether oxygens (including phenoxy) is 2. The Bertz CT molecular complexity index is 1690. The molecule has 7 N–H and O–H groups in total. The highest BCUT2D eigenvalue weighted by Gasteiger charge is 2.50. The second-order valence-electron chi connectivity index (χ2n) is 12.8. The molecule has 0 bridgehead atoms. The normalized spacial score (nSPS) is 27.0. The number of aliphatic hydroxyl groups excluding tert-OH is 2. The highest BCUT2D eigenvalue weighted by Crippen LogP contribution is 2.52. The van der Waals surface area contributed by atoms with E-state index in [-0.39, 0.29) is 47.3 Å². The van der Waals surface area contributed by atoms with Crippen LogP contribution >= 0.6 is 0 Å². The van der Waals surface area contributed by atoms with Crippen molar-refractivity contribution in [2.75, 3.05) is 13.7 Å². The lowest BCUT2D eigenvalue weighted by atomic mass is 9.71. The van der Waals surface area contributed by atoms with Gasteiger partial charge >= 0.3 is 0 Å². The van der Waals surface area contributed by atoms with Gasteiger partial charge in [-0.05, 0) is 39.8 Å². The molecule has 48 heavy (non-hydrogen) atoms. The van der Waals surface area contributed by atoms with Crippen molar-refractivity contribution in [3.63, 3.8) is 0 Å². The van der Waals surface area contributed by atoms with Gasteiger partial charge in [-0.3, -0.25) is 19.2 Å². The number of phenolic OH excluding ortho intramolecular Hbond substituents is 2. The number of aliphatic hydroxyl groups is 3. The lowest BCUT2D eigenvalue weighted by Gasteiger charge is -2.43. The minimum absolute atomic E-state index is 0.0190. The number of hydrogen-bond donors (Lipinski definition) is 7. The number of ketones is 4. The minimum atomic E-state index is -2.31. The maximum absolute atomic E-state index is 13.8. The topological polar surface area (TPSA) is 229 Å². The molecule has 1 fully saturated rings. The number of carbonyl (C=O) groups is 5. The number of aromatic hydroxyl groups is 2. The van der Waals surface area contributed by atoms with E-state index in [1.54, 1.807) is 26.1 Å². The van der Waals surface area contributed by atoms with Crippen LogP contribution in [0.2, 0.25) is 0 Å². The Morgan fingerprint density at radius 3 is 2.44 bits per heavy atom. The molecule has 2 aromatic carbocycles. The zero-order valence-corrected chi connectivity index (χ0v) is 27.0. The van der Waals surface area contributed by atoms with E-state index in [0.29, 0.717) is 5.56 Å². The third kappa shape index (κ3) is 6.15. The van der Waals surface area contributed by atoms with Crippen LogP contribution in [0.15, 0.2) is 18.2 Å². The van der Waals surface area contributed by atoms with Crippen molar-refractivity contribution in [2.45, 2.75) is 95.2 Å². The molecule has 0 radical (unpaired) electrons. The second-order valence-corrected chi connectivity index (χ2v) is 12.8. The van der Waals surface area contributed by atoms with E-state index in [1.807, 2.05) is 0 Å². The first kappa shape index (κ1) is 35.3. The Balaban J connectivity index is 1.53. The van der Waals surface area contributed by atoms with Gasteiger partial charge < -0.3 is 50.4 Å². The number of likely N-dealkylation sites (N-methyl/N-ethyl adjacent to an activating group) is 1. The quantitative estimate of drug-likeness (QED) is 0.146. The van der Waals surface area contributed by atoms with Crippen molar-refractivity contribution >= 4 is 29.0 Å². The summed E-state index contributed by atoms with van der Waals surface area (Å²) in [5.74, 6) is -4.42. The van der Waals surface area contributed by atoms with Gasteiger partial charge in [-0.25, -0.2) is 0 Å². The third-order valence-electron chi connectivity index (χ3n) is 9.56. The van der Waals surface area contributed by atoms with E-state index >= 15 is 0 Å². The molecule has 0 saturated carbocycles. The lowest BCUT2D eigenvalue weighted by molar-refractivity contribution is -0.249. The summed E-state index contributed by atoms with van der Waals surface area (Å²) in [5, 5.41) is 60.8. The van der Waals surface area contributed by atoms with Crippen molar-refractivity contribution in [2.24, 2.45) is 0 Å². The van der Waals surface area contributed by atoms with Crippen molar-refractivity contribution in [1.82, 2.24) is 10.6 Å². The van der Waals surface area contributed by atoms with Gasteiger partial charge in [-0.15, -0.1) is 0 Å². The Labute approximate surface area is 276 Å². The van der Waals surface area contributed by atoms with Gasteiger partial charge in [0.1, 0.15) is 35.6 Å². The fraction of sp³-hybridized carbons (Fsp3) is 0.500. The standard InChI is InChI=1S/C34H40N2O12/c1-14-6-5-7-17-24(14)31(43)27-26(29(17)41)30(42)18-11-34(46,22(39)13-37)12-21(25(18)32(27)44)48-23-10-20(28(40)16(3)47-23)36-33(45)19(35-4)9-8-15(2)38/h5-7,16,19-21,23,28,35,37,40,42,44,46H,8-13H2,1-4H3,(H,36,45)/t16?,19?,20?,21-,23?,28?,34-/m0/s1. The third-order valence-corrected chi connectivity index (χ3v) is 9.56. The molecule has 1 amide bonds. The smallest absolute Gasteiger partial charge is 0.237 e. The fourth-order valence-electron chi connectivity index (χ4n) is 6.93. The van der Waals surface area contributed by atoms with Crippen LogP contribution in [-0.2, 0) is 30.3 Å². The van der Waals surface area contributed by atoms with Gasteiger partial charge in [0.2, 0.25) is 5.91 Å². The minimum Gasteiger partial charge on any atom is -0.507 e. The summed E-state index contributed by atoms with van der Waals surface area (Å²) in [7, 11) is 1.56. The van der Waals surface area contributed by atoms with E-state index in [4.69, 9.17) is 9.47 Å². The number of phenols is 2. The van der Waals surface area contributed by atoms with Crippen molar-refractivity contribution in [1.29, 1.82) is 0 Å². The van der Waals surface area contributed by atoms with Gasteiger partial charge in [-0.1, -0.05) is 18.2 Å². The predicted octanol–water partition coefficient (Wildman–Crippen LogP) is 0.416. The average molecular weight is 669 g/mol. The lowest BCUT2D eigenvalue weighted by Crippen LogP contribution is -2.58. The summed E-state index contributed by atoms with van der Waals surface area (Å²) in [6.07, 6.45) is -5.64. The van der Waals surface area contributed by atoms with Crippen LogP contribution in [0.4, 0.5) is 0 Å². The first-order chi connectivity index (χ1) is 22.6. The fourth-order valence-corrected chi connectivity index (χ4v) is 6.93. The van der Waals surface area contributed by atoms with Crippen LogP contribution in [0.25, 0.3) is 0 Å². The molecule has 5 rings (SSSR count). The van der Waals surface area contributed by atoms with Crippen molar-refractivity contribution in [3.8, 4) is 11.5 Å². The molecular formula is C34H40N2O12. The number of Topliss-reactive ketones (excluding diaryl/α,β-unsaturated/α-hetero) is 2. The number of hydrogen-bond acceptors (Lipinski definition) is 13. The number of carbonyl (C=O) groups excluding carboxylic acids is 5. The maximum atomic E-state index is 13.8. The molecule has 0 aromatic heterocycles. The van der Waals surface area contributed by atoms with Crippen LogP contribution in [0.1, 0.15) is 94.2 Å². The number of aryl methyl sites for hydroxylation is 1. The van der Waals surface area contributed by atoms with E-state index in [2.05, 4.69) is 10.6 Å². The Morgan fingerprint density at radius 1 is 1.10 bits per heavy atom. The summed E-state index contributed by atoms with van der Waals surface area (Å²) in [6.45, 7) is 3.52. The van der Waals surface area contributed by atoms with Gasteiger partial charge in [0.15, 0.2) is 23.6 Å². The van der Waals surface area contributed by atoms with E-state index in [9.17, 15) is 49.5 Å². The average Bonchev–Trinajstić information content (AvgIpc) is 3.03. The van der Waals surface area contributed by atoms with Gasteiger partial charge in [-0.2, -0.15) is 0 Å². The molecular weight excluding hydrogens is 628 g/mol. The molecule has 3 aliphatic rings. The summed E-state index contributed by atoms with van der Waals surface area (Å²) in [6, 6.07) is 2.98. The van der Waals surface area contributed by atoms with Crippen molar-refractivity contribution in [3.05, 3.63) is 57.1 Å². The van der Waals surface area contributed by atoms with Crippen LogP contribution in [0.3, 0.4) is 0 Å². The molecule has 14 heteroatoms. The Morgan fingerprint density at radius 2 is 1.79 bits per heavy atom. The summed E-state index contributed by atoms with van der Waals surface area (Å²) < 4.78 is 12.1. The number of benzene rings is 2. The van der Waals surface area contributed by atoms with Crippen LogP contribution in [0, 0.1) is 6.92 Å². The number of rotatable bonds is 10. The highest BCUT2D eigenvalue weighted by atomic mass is 16.7. The zero-order chi connectivity index (χ0) is 35.2. The Hall–Kier alpha value is -4.05. The highest BCUT2D eigenvalue weighted by molar-refractivity contribution is 6.31. The molecule has 14 nitrogen and oxygen atoms in total. The molecule has 1 heterocycles. The first-order valence-electron chi connectivity index (χ1n) is 15.8. The number of amides is 1. The molecule has 7 atom stereocenters. The summed E-state index contributed by atoms with van der Waals surface area (Å²) >= 11 is 0. The summed E-state index contributed by atoms with van der Waals surface area (Å²) in [4.78, 5) is 64.8. The van der Waals surface area contributed by atoms with Crippen molar-refractivity contribution < 1.29 is 59.0 Å². The molecule has 0 spiro atoms. The monoisotopic (exact) mass is 668 g/mol.